The minimum atomic E-state index is -0.724. The fourth-order valence-corrected chi connectivity index (χ4v) is 2.66. The highest BCUT2D eigenvalue weighted by atomic mass is 16.6. The van der Waals surface area contributed by atoms with E-state index in [-0.39, 0.29) is 24.2 Å². The molecule has 7 nitrogen and oxygen atoms in total. The van der Waals surface area contributed by atoms with Gasteiger partial charge in [0.2, 0.25) is 0 Å². The maximum absolute atomic E-state index is 12.1. The lowest BCUT2D eigenvalue weighted by molar-refractivity contribution is -0.384. The highest BCUT2D eigenvalue weighted by Gasteiger charge is 2.17. The summed E-state index contributed by atoms with van der Waals surface area (Å²) in [6.45, 7) is 5.36. The van der Waals surface area contributed by atoms with Gasteiger partial charge in [-0.05, 0) is 31.5 Å². The molecule has 1 unspecified atom stereocenters. The van der Waals surface area contributed by atoms with Crippen LogP contribution in [0.5, 0.6) is 0 Å². The van der Waals surface area contributed by atoms with E-state index in [1.807, 2.05) is 30.3 Å². The molecule has 0 bridgehead atoms. The first kappa shape index (κ1) is 20.5. The number of nitro benzene ring substituents is 1. The average Bonchev–Trinajstić information content (AvgIpc) is 2.66. The Morgan fingerprint density at radius 3 is 2.33 bits per heavy atom. The predicted molar refractivity (Wildman–Crippen MR) is 103 cm³/mol. The Balaban J connectivity index is 1.86. The monoisotopic (exact) mass is 371 g/mol. The lowest BCUT2D eigenvalue weighted by Gasteiger charge is -2.29. The number of amides is 1. The summed E-state index contributed by atoms with van der Waals surface area (Å²) in [6, 6.07) is 15.6. The van der Waals surface area contributed by atoms with Gasteiger partial charge in [0, 0.05) is 43.4 Å². The van der Waals surface area contributed by atoms with Crippen molar-refractivity contribution in [3.05, 3.63) is 75.8 Å². The van der Waals surface area contributed by atoms with Crippen LogP contribution >= 0.6 is 0 Å². The third-order valence-electron chi connectivity index (χ3n) is 4.24. The number of carbonyl (C=O) groups is 1. The van der Waals surface area contributed by atoms with Gasteiger partial charge in [-0.15, -0.1) is 0 Å². The third kappa shape index (κ3) is 6.47. The molecule has 2 aromatic carbocycles. The van der Waals surface area contributed by atoms with Gasteiger partial charge in [0.25, 0.3) is 11.6 Å². The second-order valence-corrected chi connectivity index (χ2v) is 6.68. The third-order valence-corrected chi connectivity index (χ3v) is 4.24. The van der Waals surface area contributed by atoms with Crippen LogP contribution in [0.4, 0.5) is 5.69 Å². The summed E-state index contributed by atoms with van der Waals surface area (Å²) < 4.78 is 0. The fraction of sp³-hybridized carbons (Fsp3) is 0.350. The van der Waals surface area contributed by atoms with Crippen LogP contribution < -0.4 is 5.32 Å². The highest BCUT2D eigenvalue weighted by molar-refractivity contribution is 5.94. The topological polar surface area (TPSA) is 95.7 Å². The van der Waals surface area contributed by atoms with Crippen molar-refractivity contribution in [3.63, 3.8) is 0 Å². The molecular weight excluding hydrogens is 346 g/mol. The summed E-state index contributed by atoms with van der Waals surface area (Å²) >= 11 is 0. The number of hydrogen-bond acceptors (Lipinski definition) is 5. The molecule has 0 aliphatic carbocycles. The number of benzene rings is 2. The number of non-ortho nitro benzene ring substituents is 1. The molecule has 2 rings (SSSR count). The Bertz CT molecular complexity index is 748. The zero-order valence-electron chi connectivity index (χ0n) is 15.5. The van der Waals surface area contributed by atoms with Gasteiger partial charge in [-0.3, -0.25) is 19.8 Å². The Hall–Kier alpha value is -2.77. The van der Waals surface area contributed by atoms with Gasteiger partial charge in [-0.2, -0.15) is 0 Å². The van der Waals surface area contributed by atoms with Gasteiger partial charge >= 0.3 is 0 Å². The molecule has 7 heteroatoms. The van der Waals surface area contributed by atoms with E-state index in [1.54, 1.807) is 0 Å². The van der Waals surface area contributed by atoms with E-state index in [4.69, 9.17) is 0 Å². The molecule has 2 N–H and O–H groups in total. The van der Waals surface area contributed by atoms with Crippen molar-refractivity contribution in [1.82, 2.24) is 10.2 Å². The number of carbonyl (C=O) groups excluding carboxylic acids is 1. The SMILES string of the molecule is CC(C)N(Cc1ccccc1)CC(O)CNC(=O)c1ccc([N+](=O)[O-])cc1. The van der Waals surface area contributed by atoms with Crippen LogP contribution in [0, 0.1) is 10.1 Å². The van der Waals surface area contributed by atoms with E-state index in [0.29, 0.717) is 18.7 Å². The zero-order valence-corrected chi connectivity index (χ0v) is 15.5. The van der Waals surface area contributed by atoms with Crippen LogP contribution in [-0.2, 0) is 6.54 Å². The molecule has 0 aliphatic heterocycles. The van der Waals surface area contributed by atoms with Crippen LogP contribution in [0.2, 0.25) is 0 Å². The number of nitrogens with zero attached hydrogens (tertiary/aromatic N) is 2. The number of nitrogens with one attached hydrogen (secondary N) is 1. The molecule has 144 valence electrons. The molecule has 0 spiro atoms. The van der Waals surface area contributed by atoms with E-state index in [1.165, 1.54) is 24.3 Å². The van der Waals surface area contributed by atoms with Crippen molar-refractivity contribution in [3.8, 4) is 0 Å². The summed E-state index contributed by atoms with van der Waals surface area (Å²) in [5.74, 6) is -0.372. The molecule has 0 saturated carbocycles. The Morgan fingerprint density at radius 1 is 1.15 bits per heavy atom. The second-order valence-electron chi connectivity index (χ2n) is 6.68. The van der Waals surface area contributed by atoms with Gasteiger partial charge in [-0.25, -0.2) is 0 Å². The van der Waals surface area contributed by atoms with Crippen LogP contribution in [-0.4, -0.2) is 46.1 Å². The zero-order chi connectivity index (χ0) is 19.8. The summed E-state index contributed by atoms with van der Waals surface area (Å²) in [6.07, 6.45) is -0.724. The quantitative estimate of drug-likeness (QED) is 0.522. The first-order valence-corrected chi connectivity index (χ1v) is 8.85. The largest absolute Gasteiger partial charge is 0.390 e. The van der Waals surface area contributed by atoms with E-state index in [2.05, 4.69) is 24.1 Å². The van der Waals surface area contributed by atoms with Gasteiger partial charge in [0.05, 0.1) is 11.0 Å². The van der Waals surface area contributed by atoms with E-state index in [0.717, 1.165) is 5.56 Å². The van der Waals surface area contributed by atoms with Crippen LogP contribution in [0.1, 0.15) is 29.8 Å². The van der Waals surface area contributed by atoms with Crippen molar-refractivity contribution in [2.45, 2.75) is 32.5 Å². The molecule has 0 aliphatic rings. The summed E-state index contributed by atoms with van der Waals surface area (Å²) in [4.78, 5) is 24.4. The summed E-state index contributed by atoms with van der Waals surface area (Å²) in [5, 5.41) is 23.6. The maximum Gasteiger partial charge on any atom is 0.269 e. The standard InChI is InChI=1S/C20H25N3O4/c1-15(2)22(13-16-6-4-3-5-7-16)14-19(24)12-21-20(25)17-8-10-18(11-9-17)23(26)27/h3-11,15,19,24H,12-14H2,1-2H3,(H,21,25). The molecule has 0 heterocycles. The molecule has 1 atom stereocenters. The van der Waals surface area contributed by atoms with Crippen molar-refractivity contribution >= 4 is 11.6 Å². The van der Waals surface area contributed by atoms with E-state index in [9.17, 15) is 20.0 Å². The molecule has 0 aromatic heterocycles. The minimum absolute atomic E-state index is 0.0694. The number of aliphatic hydroxyl groups excluding tert-OH is 1. The van der Waals surface area contributed by atoms with Crippen LogP contribution in [0.3, 0.4) is 0 Å². The van der Waals surface area contributed by atoms with Crippen molar-refractivity contribution < 1.29 is 14.8 Å². The van der Waals surface area contributed by atoms with Gasteiger partial charge in [0.15, 0.2) is 0 Å². The number of aliphatic hydroxyl groups is 1. The predicted octanol–water partition coefficient (Wildman–Crippen LogP) is 2.60. The lowest BCUT2D eigenvalue weighted by atomic mass is 10.1. The normalized spacial score (nSPS) is 12.2. The number of nitro groups is 1. The van der Waals surface area contributed by atoms with E-state index >= 15 is 0 Å². The van der Waals surface area contributed by atoms with Crippen LogP contribution in [0.15, 0.2) is 54.6 Å². The maximum atomic E-state index is 12.1. The molecule has 0 fully saturated rings. The summed E-state index contributed by atoms with van der Waals surface area (Å²) in [7, 11) is 0. The molecule has 1 amide bonds. The van der Waals surface area contributed by atoms with Crippen molar-refractivity contribution in [1.29, 1.82) is 0 Å². The first-order valence-electron chi connectivity index (χ1n) is 8.85. The number of hydrogen-bond donors (Lipinski definition) is 2. The first-order chi connectivity index (χ1) is 12.9. The Labute approximate surface area is 158 Å². The van der Waals surface area contributed by atoms with E-state index < -0.39 is 11.0 Å². The summed E-state index contributed by atoms with van der Waals surface area (Å²) in [5.41, 5.74) is 1.41. The Morgan fingerprint density at radius 2 is 1.78 bits per heavy atom. The van der Waals surface area contributed by atoms with Crippen LogP contribution in [0.25, 0.3) is 0 Å². The molecule has 2 aromatic rings. The second kappa shape index (κ2) is 9.80. The molecule has 0 saturated heterocycles. The molecule has 27 heavy (non-hydrogen) atoms. The van der Waals surface area contributed by atoms with Gasteiger partial charge < -0.3 is 10.4 Å². The van der Waals surface area contributed by atoms with Crippen molar-refractivity contribution in [2.24, 2.45) is 0 Å². The van der Waals surface area contributed by atoms with Gasteiger partial charge in [-0.1, -0.05) is 30.3 Å². The van der Waals surface area contributed by atoms with Gasteiger partial charge in [0.1, 0.15) is 0 Å². The highest BCUT2D eigenvalue weighted by Crippen LogP contribution is 2.12. The molecular formula is C20H25N3O4. The smallest absolute Gasteiger partial charge is 0.269 e. The molecule has 0 radical (unpaired) electrons. The number of rotatable bonds is 9. The van der Waals surface area contributed by atoms with Crippen molar-refractivity contribution in [2.75, 3.05) is 13.1 Å². The average molecular weight is 371 g/mol. The Kier molecular flexibility index (Phi) is 7.45. The fourth-order valence-electron chi connectivity index (χ4n) is 2.66. The lowest BCUT2D eigenvalue weighted by Crippen LogP contribution is -2.42. The minimum Gasteiger partial charge on any atom is -0.390 e.